The maximum absolute atomic E-state index is 15.4. The molecule has 2 fully saturated rings. The molecule has 48 heavy (non-hydrogen) atoms. The number of anilines is 1. The van der Waals surface area contributed by atoms with Crippen LogP contribution in [0.4, 0.5) is 10.1 Å². The molecule has 3 aromatic rings. The van der Waals surface area contributed by atoms with E-state index in [2.05, 4.69) is 10.6 Å². The Labute approximate surface area is 281 Å². The number of ether oxygens (including phenoxy) is 1. The molecule has 2 aromatic carbocycles. The minimum atomic E-state index is -3.88. The first-order chi connectivity index (χ1) is 22.9. The van der Waals surface area contributed by atoms with Gasteiger partial charge in [-0.3, -0.25) is 23.5 Å². The van der Waals surface area contributed by atoms with Crippen LogP contribution in [0.2, 0.25) is 0 Å². The molecule has 1 unspecified atom stereocenters. The Balaban J connectivity index is 1.34. The number of aromatic nitrogens is 1. The number of fused-ring (bicyclic) bond motifs is 1. The Morgan fingerprint density at radius 2 is 1.67 bits per heavy atom. The molecule has 0 aliphatic heterocycles. The molecule has 1 heterocycles. The van der Waals surface area contributed by atoms with Crippen LogP contribution in [0.25, 0.3) is 10.9 Å². The predicted octanol–water partition coefficient (Wildman–Crippen LogP) is 7.70. The summed E-state index contributed by atoms with van der Waals surface area (Å²) in [5.74, 6) is -1.73. The van der Waals surface area contributed by atoms with Gasteiger partial charge in [-0.05, 0) is 64.2 Å². The Kier molecular flexibility index (Phi) is 11.8. The number of hydrogen-bond acceptors (Lipinski definition) is 8. The van der Waals surface area contributed by atoms with Gasteiger partial charge in [0.2, 0.25) is 12.2 Å². The Morgan fingerprint density at radius 1 is 0.979 bits per heavy atom. The summed E-state index contributed by atoms with van der Waals surface area (Å²) in [7, 11) is -3.88. The molecule has 1 aromatic heterocycles. The summed E-state index contributed by atoms with van der Waals surface area (Å²) in [5, 5.41) is 6.18. The summed E-state index contributed by atoms with van der Waals surface area (Å²) in [6, 6.07) is 12.3. The molecule has 0 saturated heterocycles. The SMILES string of the molecule is CC(C)(C)C(=O)OCOP(=O)(CCNC(=O)c1cn(C2CCCC2)c2cc(NC3CCCCC3)c(F)cc2c1=O)OCc1ccccc1. The fraction of sp³-hybridized carbons (Fsp3) is 0.528. The minimum Gasteiger partial charge on any atom is -0.438 e. The van der Waals surface area contributed by atoms with E-state index in [9.17, 15) is 18.9 Å². The molecule has 1 atom stereocenters. The number of rotatable bonds is 13. The van der Waals surface area contributed by atoms with Gasteiger partial charge in [0.15, 0.2) is 0 Å². The number of amides is 1. The van der Waals surface area contributed by atoms with Crippen LogP contribution in [0, 0.1) is 11.2 Å². The van der Waals surface area contributed by atoms with Crippen LogP contribution in [0.3, 0.4) is 0 Å². The van der Waals surface area contributed by atoms with Crippen molar-refractivity contribution in [3.05, 3.63) is 75.8 Å². The van der Waals surface area contributed by atoms with Crippen LogP contribution < -0.4 is 16.1 Å². The molecule has 2 aliphatic carbocycles. The average molecular weight is 684 g/mol. The number of benzene rings is 2. The predicted molar refractivity (Wildman–Crippen MR) is 184 cm³/mol. The Bertz CT molecular complexity index is 1690. The third-order valence-electron chi connectivity index (χ3n) is 9.04. The molecule has 1 amide bonds. The highest BCUT2D eigenvalue weighted by Crippen LogP contribution is 2.48. The van der Waals surface area contributed by atoms with Crippen LogP contribution >= 0.6 is 7.60 Å². The molecule has 12 heteroatoms. The number of carbonyl (C=O) groups excluding carboxylic acids is 2. The van der Waals surface area contributed by atoms with E-state index in [-0.39, 0.29) is 42.3 Å². The fourth-order valence-electron chi connectivity index (χ4n) is 6.29. The van der Waals surface area contributed by atoms with Crippen LogP contribution in [0.5, 0.6) is 0 Å². The number of esters is 1. The van der Waals surface area contributed by atoms with E-state index >= 15 is 4.39 Å². The van der Waals surface area contributed by atoms with Crippen LogP contribution in [-0.4, -0.2) is 42.0 Å². The van der Waals surface area contributed by atoms with Gasteiger partial charge in [-0.25, -0.2) is 4.39 Å². The Hall–Kier alpha value is -3.53. The monoisotopic (exact) mass is 683 g/mol. The third kappa shape index (κ3) is 9.12. The summed E-state index contributed by atoms with van der Waals surface area (Å²) in [6.45, 7) is 4.29. The lowest BCUT2D eigenvalue weighted by atomic mass is 9.95. The topological polar surface area (TPSA) is 125 Å². The highest BCUT2D eigenvalue weighted by atomic mass is 31.2. The Morgan fingerprint density at radius 3 is 2.35 bits per heavy atom. The van der Waals surface area contributed by atoms with Crippen molar-refractivity contribution in [1.29, 1.82) is 0 Å². The maximum Gasteiger partial charge on any atom is 0.335 e. The molecular weight excluding hydrogens is 636 g/mol. The summed E-state index contributed by atoms with van der Waals surface area (Å²) >= 11 is 0. The quantitative estimate of drug-likeness (QED) is 0.107. The van der Waals surface area contributed by atoms with Crippen LogP contribution in [0.15, 0.2) is 53.5 Å². The van der Waals surface area contributed by atoms with Crippen molar-refractivity contribution in [2.45, 2.75) is 97.2 Å². The molecule has 10 nitrogen and oxygen atoms in total. The lowest BCUT2D eigenvalue weighted by Gasteiger charge is -2.25. The van der Waals surface area contributed by atoms with Crippen molar-refractivity contribution in [2.24, 2.45) is 5.41 Å². The van der Waals surface area contributed by atoms with Crippen LogP contribution in [-0.2, 0) is 29.8 Å². The van der Waals surface area contributed by atoms with E-state index in [1.54, 1.807) is 45.2 Å². The second-order valence-corrected chi connectivity index (χ2v) is 16.0. The van der Waals surface area contributed by atoms with Gasteiger partial charge in [-0.15, -0.1) is 0 Å². The molecule has 2 aliphatic rings. The van der Waals surface area contributed by atoms with E-state index in [0.717, 1.165) is 56.9 Å². The van der Waals surface area contributed by atoms with Crippen molar-refractivity contribution in [1.82, 2.24) is 9.88 Å². The number of pyridine rings is 1. The van der Waals surface area contributed by atoms with E-state index in [1.165, 1.54) is 12.5 Å². The second-order valence-electron chi connectivity index (χ2n) is 13.8. The molecule has 2 saturated carbocycles. The zero-order valence-electron chi connectivity index (χ0n) is 28.1. The normalized spacial score (nSPS) is 17.2. The summed E-state index contributed by atoms with van der Waals surface area (Å²) in [6.07, 6.45) is 10.5. The number of carbonyl (C=O) groups is 2. The fourth-order valence-corrected chi connectivity index (χ4v) is 7.56. The average Bonchev–Trinajstić information content (AvgIpc) is 3.60. The largest absolute Gasteiger partial charge is 0.438 e. The van der Waals surface area contributed by atoms with Crippen molar-refractivity contribution in [3.63, 3.8) is 0 Å². The van der Waals surface area contributed by atoms with E-state index in [0.29, 0.717) is 11.2 Å². The van der Waals surface area contributed by atoms with Crippen molar-refractivity contribution >= 4 is 36.1 Å². The molecule has 2 N–H and O–H groups in total. The lowest BCUT2D eigenvalue weighted by Crippen LogP contribution is -2.32. The highest BCUT2D eigenvalue weighted by Gasteiger charge is 2.29. The van der Waals surface area contributed by atoms with E-state index in [1.807, 2.05) is 22.8 Å². The van der Waals surface area contributed by atoms with Gasteiger partial charge in [0, 0.05) is 30.2 Å². The second kappa shape index (κ2) is 15.8. The minimum absolute atomic E-state index is 0.0286. The van der Waals surface area contributed by atoms with Gasteiger partial charge in [0.1, 0.15) is 11.4 Å². The van der Waals surface area contributed by atoms with Gasteiger partial charge in [0.05, 0.1) is 29.4 Å². The van der Waals surface area contributed by atoms with E-state index in [4.69, 9.17) is 13.8 Å². The highest BCUT2D eigenvalue weighted by molar-refractivity contribution is 7.53. The lowest BCUT2D eigenvalue weighted by molar-refractivity contribution is -0.160. The number of nitrogens with one attached hydrogen (secondary N) is 2. The molecule has 5 rings (SSSR count). The molecule has 0 spiro atoms. The zero-order valence-corrected chi connectivity index (χ0v) is 29.0. The van der Waals surface area contributed by atoms with Gasteiger partial charge in [-0.2, -0.15) is 0 Å². The smallest absolute Gasteiger partial charge is 0.335 e. The number of halogens is 1. The summed E-state index contributed by atoms with van der Waals surface area (Å²) < 4.78 is 47.4. The summed E-state index contributed by atoms with van der Waals surface area (Å²) in [5.41, 5.74) is 0.242. The van der Waals surface area contributed by atoms with E-state index < -0.39 is 42.9 Å². The van der Waals surface area contributed by atoms with Gasteiger partial charge in [-0.1, -0.05) is 62.4 Å². The summed E-state index contributed by atoms with van der Waals surface area (Å²) in [4.78, 5) is 39.4. The molecular formula is C36H47FN3O7P. The van der Waals surface area contributed by atoms with Gasteiger partial charge < -0.3 is 24.5 Å². The number of hydrogen-bond donors (Lipinski definition) is 2. The first-order valence-electron chi connectivity index (χ1n) is 17.0. The zero-order chi connectivity index (χ0) is 34.3. The maximum atomic E-state index is 15.4. The molecule has 0 bridgehead atoms. The molecule has 260 valence electrons. The van der Waals surface area contributed by atoms with Crippen molar-refractivity contribution < 1.29 is 32.3 Å². The van der Waals surface area contributed by atoms with Crippen molar-refractivity contribution in [2.75, 3.05) is 24.8 Å². The van der Waals surface area contributed by atoms with Gasteiger partial charge >= 0.3 is 13.6 Å². The third-order valence-corrected chi connectivity index (χ3v) is 10.8. The van der Waals surface area contributed by atoms with Crippen molar-refractivity contribution in [3.8, 4) is 0 Å². The van der Waals surface area contributed by atoms with Gasteiger partial charge in [0.25, 0.3) is 5.91 Å². The standard InChI is InChI=1S/C36H47FN3O7P/c1-36(2,3)35(43)45-24-47-48(44,46-23-25-12-6-4-7-13-25)19-18-38-34(42)29-22-40(27-16-10-11-17-27)32-21-31(30(37)20-28(32)33(29)41)39-26-14-8-5-9-15-26/h4,6-7,12-13,20-22,26-27,39H,5,8-11,14-19,23-24H2,1-3H3,(H,38,42). The first-order valence-corrected chi connectivity index (χ1v) is 18.7. The number of nitrogens with zero attached hydrogens (tertiary/aromatic N) is 1. The first kappa shape index (κ1) is 35.8. The molecule has 0 radical (unpaired) electrons. The van der Waals surface area contributed by atoms with Crippen LogP contribution in [0.1, 0.15) is 101 Å².